The van der Waals surface area contributed by atoms with Gasteiger partial charge in [0, 0.05) is 66.7 Å². The van der Waals surface area contributed by atoms with Crippen molar-refractivity contribution in [1.29, 1.82) is 0 Å². The minimum atomic E-state index is -2.61. The Morgan fingerprint density at radius 3 is 2.29 bits per heavy atom. The molecule has 6 heteroatoms. The average Bonchev–Trinajstić information content (AvgIpc) is 3.87. The van der Waals surface area contributed by atoms with Crippen LogP contribution in [0.1, 0.15) is 29.0 Å². The molecule has 7 aromatic carbocycles. The van der Waals surface area contributed by atoms with E-state index in [-0.39, 0.29) is 42.5 Å². The first-order valence-corrected chi connectivity index (χ1v) is 17.7. The van der Waals surface area contributed by atoms with Gasteiger partial charge in [-0.1, -0.05) is 102 Å². The number of aromatic nitrogens is 4. The van der Waals surface area contributed by atoms with Crippen LogP contribution in [0.2, 0.25) is 0 Å². The second kappa shape index (κ2) is 14.3. The molecule has 4 aromatic heterocycles. The molecule has 0 saturated heterocycles. The number of fused-ring (bicyclic) bond motifs is 10. The number of imidazole rings is 1. The number of rotatable bonds is 3. The molecule has 0 fully saturated rings. The van der Waals surface area contributed by atoms with E-state index < -0.39 is 20.6 Å². The molecule has 4 heterocycles. The predicted octanol–water partition coefficient (Wildman–Crippen LogP) is 12.7. The number of benzene rings is 7. The summed E-state index contributed by atoms with van der Waals surface area (Å²) in [5.41, 5.74) is 6.46. The van der Waals surface area contributed by atoms with Gasteiger partial charge in [0.05, 0.1) is 28.0 Å². The molecule has 0 aliphatic carbocycles. The standard InChI is InChI=1S/C36H20N3O.C14H14N.Ir/c1-2-11-23-22(10-1)25-13-8-19-31(33(25)34-26(23)16-9-21-37-34)39-30-18-5-4-17-29(30)38-36(39)28-15-7-14-27-24-12-3-6-20-32(24)40-35(27)28;1-10-4-6-13(7-5-10)14-8-11(2)12(3)9-15-14;/h1-14,16-21H;4-6,8-9H,1-3H3;/q2*-1;/i;1D3,2D3,3D3;. The fourth-order valence-electron chi connectivity index (χ4n) is 7.46. The van der Waals surface area contributed by atoms with E-state index in [0.717, 1.165) is 77.9 Å². The Balaban J connectivity index is 0.000000185. The summed E-state index contributed by atoms with van der Waals surface area (Å²) in [4.78, 5) is 14.1. The molecule has 56 heavy (non-hydrogen) atoms. The summed E-state index contributed by atoms with van der Waals surface area (Å²) in [5, 5.41) is 7.94. The van der Waals surface area contributed by atoms with E-state index in [4.69, 9.17) is 26.7 Å². The van der Waals surface area contributed by atoms with Crippen molar-refractivity contribution in [3.8, 4) is 28.3 Å². The van der Waals surface area contributed by atoms with Gasteiger partial charge in [0.1, 0.15) is 5.58 Å². The Labute approximate surface area is 350 Å². The van der Waals surface area contributed by atoms with Gasteiger partial charge in [-0.15, -0.1) is 53.6 Å². The van der Waals surface area contributed by atoms with Gasteiger partial charge in [0.15, 0.2) is 0 Å². The summed E-state index contributed by atoms with van der Waals surface area (Å²) < 4.78 is 75.6. The molecule has 0 aliphatic rings. The number of para-hydroxylation sites is 3. The first-order chi connectivity index (χ1) is 30.7. The molecule has 0 aliphatic heterocycles. The topological polar surface area (TPSA) is 56.7 Å². The largest absolute Gasteiger partial charge is 0.501 e. The zero-order valence-corrected chi connectivity index (χ0v) is 31.9. The minimum Gasteiger partial charge on any atom is -0.501 e. The number of hydrogen-bond acceptors (Lipinski definition) is 4. The van der Waals surface area contributed by atoms with Crippen molar-refractivity contribution in [1.82, 2.24) is 19.5 Å². The third-order valence-electron chi connectivity index (χ3n) is 9.95. The Morgan fingerprint density at radius 2 is 1.45 bits per heavy atom. The van der Waals surface area contributed by atoms with Crippen molar-refractivity contribution >= 4 is 65.4 Å². The summed E-state index contributed by atoms with van der Waals surface area (Å²) in [6, 6.07) is 51.3. The summed E-state index contributed by atoms with van der Waals surface area (Å²) in [6.45, 7) is -7.47. The van der Waals surface area contributed by atoms with Gasteiger partial charge in [0.2, 0.25) is 0 Å². The second-order valence-corrected chi connectivity index (χ2v) is 13.2. The molecule has 0 atom stereocenters. The van der Waals surface area contributed by atoms with Crippen molar-refractivity contribution in [3.63, 3.8) is 0 Å². The zero-order valence-electron chi connectivity index (χ0n) is 38.5. The van der Waals surface area contributed by atoms with E-state index in [2.05, 4.69) is 101 Å². The SMILES string of the molecule is [2H]C([2H])([2H])c1c[c-]c(-c2cc(C([2H])([2H])[2H])c(C([2H])([2H])[2H])cn2)cc1.[Ir].[c-]1ccc2c(oc3ccccc32)c1-c1nc2ccccc2n1-c1cccc2c3ccccc3c3cccnc3c12. The van der Waals surface area contributed by atoms with E-state index >= 15 is 0 Å². The third kappa shape index (κ3) is 5.86. The fraction of sp³-hybridized carbons (Fsp3) is 0.0600. The molecule has 5 nitrogen and oxygen atoms in total. The van der Waals surface area contributed by atoms with Gasteiger partial charge in [-0.3, -0.25) is 9.97 Å². The maximum absolute atomic E-state index is 7.54. The van der Waals surface area contributed by atoms with Crippen LogP contribution in [0.3, 0.4) is 0 Å². The van der Waals surface area contributed by atoms with E-state index in [1.807, 2.05) is 42.6 Å². The smallest absolute Gasteiger partial charge is 0.120 e. The summed E-state index contributed by atoms with van der Waals surface area (Å²) in [7, 11) is 0. The number of furan rings is 1. The van der Waals surface area contributed by atoms with Crippen LogP contribution in [-0.2, 0) is 20.1 Å². The summed E-state index contributed by atoms with van der Waals surface area (Å²) >= 11 is 0. The first-order valence-electron chi connectivity index (χ1n) is 22.2. The molecule has 0 unspecified atom stereocenters. The molecular formula is C50H34IrN4O-2. The second-order valence-electron chi connectivity index (χ2n) is 13.2. The van der Waals surface area contributed by atoms with Crippen LogP contribution in [0, 0.1) is 32.7 Å². The molecule has 0 saturated carbocycles. The molecule has 11 rings (SSSR count). The molecule has 0 N–H and O–H groups in total. The van der Waals surface area contributed by atoms with Gasteiger partial charge < -0.3 is 14.0 Å². The Hall–Kier alpha value is -6.46. The van der Waals surface area contributed by atoms with Gasteiger partial charge in [-0.2, -0.15) is 0 Å². The van der Waals surface area contributed by atoms with Crippen molar-refractivity contribution < 1.29 is 36.9 Å². The van der Waals surface area contributed by atoms with Crippen LogP contribution in [-0.4, -0.2) is 19.5 Å². The van der Waals surface area contributed by atoms with Crippen LogP contribution in [0.5, 0.6) is 0 Å². The summed E-state index contributed by atoms with van der Waals surface area (Å²) in [6.07, 6.45) is 2.90. The monoisotopic (exact) mass is 908 g/mol. The molecule has 271 valence electrons. The van der Waals surface area contributed by atoms with Crippen LogP contribution in [0.25, 0.3) is 93.8 Å². The third-order valence-corrected chi connectivity index (χ3v) is 9.95. The first kappa shape index (κ1) is 26.4. The Bertz CT molecular complexity index is 3550. The quantitative estimate of drug-likeness (QED) is 0.131. The van der Waals surface area contributed by atoms with Gasteiger partial charge >= 0.3 is 0 Å². The normalized spacial score (nSPS) is 14.4. The molecule has 0 amide bonds. The molecule has 1 radical (unpaired) electrons. The van der Waals surface area contributed by atoms with E-state index in [1.54, 1.807) is 0 Å². The molecule has 11 aromatic rings. The Morgan fingerprint density at radius 1 is 0.661 bits per heavy atom. The van der Waals surface area contributed by atoms with Crippen molar-refractivity contribution in [2.24, 2.45) is 0 Å². The maximum atomic E-state index is 7.54. The number of hydrogen-bond donors (Lipinski definition) is 0. The maximum Gasteiger partial charge on any atom is 0.120 e. The summed E-state index contributed by atoms with van der Waals surface area (Å²) in [5.74, 6) is 0.788. The minimum absolute atomic E-state index is 0. The van der Waals surface area contributed by atoms with Gasteiger partial charge in [-0.25, -0.2) is 0 Å². The van der Waals surface area contributed by atoms with Crippen molar-refractivity contribution in [2.45, 2.75) is 20.6 Å². The number of pyridine rings is 2. The van der Waals surface area contributed by atoms with Crippen LogP contribution in [0.4, 0.5) is 0 Å². The molecule has 0 spiro atoms. The van der Waals surface area contributed by atoms with Crippen LogP contribution in [0.15, 0.2) is 156 Å². The average molecular weight is 908 g/mol. The predicted molar refractivity (Wildman–Crippen MR) is 226 cm³/mol. The Kier molecular flexibility index (Phi) is 6.74. The number of aryl methyl sites for hydroxylation is 3. The van der Waals surface area contributed by atoms with E-state index in [1.165, 1.54) is 35.0 Å². The van der Waals surface area contributed by atoms with Gasteiger partial charge in [-0.05, 0) is 71.5 Å². The van der Waals surface area contributed by atoms with Crippen molar-refractivity contribution in [2.75, 3.05) is 0 Å². The van der Waals surface area contributed by atoms with Crippen LogP contribution < -0.4 is 0 Å². The fourth-order valence-corrected chi connectivity index (χ4v) is 7.46. The van der Waals surface area contributed by atoms with E-state index in [0.29, 0.717) is 5.56 Å². The van der Waals surface area contributed by atoms with Crippen LogP contribution >= 0.6 is 0 Å². The number of nitrogens with zero attached hydrogens (tertiary/aromatic N) is 4. The molecule has 0 bridgehead atoms. The zero-order chi connectivity index (χ0) is 44.5. The van der Waals surface area contributed by atoms with Crippen molar-refractivity contribution in [3.05, 3.63) is 181 Å². The molecular weight excluding hydrogens is 865 g/mol. The van der Waals surface area contributed by atoms with Gasteiger partial charge in [0.25, 0.3) is 0 Å². The van der Waals surface area contributed by atoms with E-state index in [9.17, 15) is 0 Å².